The smallest absolute Gasteiger partial charge is 0.180 e. The number of aromatic nitrogens is 3. The van der Waals surface area contributed by atoms with Crippen molar-refractivity contribution in [1.29, 1.82) is 0 Å². The summed E-state index contributed by atoms with van der Waals surface area (Å²) in [5, 5.41) is 3.04. The second-order valence-corrected chi connectivity index (χ2v) is 4.45. The van der Waals surface area contributed by atoms with Crippen molar-refractivity contribution in [3.63, 3.8) is 0 Å². The Labute approximate surface area is 109 Å². The molecule has 0 aliphatic carbocycles. The molecule has 2 rings (SSSR count). The van der Waals surface area contributed by atoms with Gasteiger partial charge in [-0.05, 0) is 34.5 Å². The summed E-state index contributed by atoms with van der Waals surface area (Å²) in [5.41, 5.74) is 1.78. The maximum absolute atomic E-state index is 4.47. The summed E-state index contributed by atoms with van der Waals surface area (Å²) in [4.78, 5) is 13.2. The fraction of sp³-hybridized carbons (Fsp3) is 0.250. The van der Waals surface area contributed by atoms with Gasteiger partial charge in [0.05, 0.1) is 0 Å². The first-order chi connectivity index (χ1) is 8.22. The van der Waals surface area contributed by atoms with Crippen LogP contribution in [0.3, 0.4) is 0 Å². The third-order valence-electron chi connectivity index (χ3n) is 2.35. The third kappa shape index (κ3) is 2.79. The highest BCUT2D eigenvalue weighted by Crippen LogP contribution is 2.18. The Morgan fingerprint density at radius 3 is 2.71 bits per heavy atom. The van der Waals surface area contributed by atoms with Crippen molar-refractivity contribution in [3.8, 4) is 11.5 Å². The summed E-state index contributed by atoms with van der Waals surface area (Å²) < 4.78 is 0.946. The van der Waals surface area contributed by atoms with E-state index < -0.39 is 0 Å². The second kappa shape index (κ2) is 5.23. The molecule has 88 valence electrons. The Hall–Kier alpha value is -1.49. The molecule has 2 aromatic heterocycles. The van der Waals surface area contributed by atoms with Gasteiger partial charge in [-0.15, -0.1) is 0 Å². The molecule has 0 spiro atoms. The fourth-order valence-electron chi connectivity index (χ4n) is 1.43. The van der Waals surface area contributed by atoms with E-state index in [1.54, 1.807) is 6.20 Å². The predicted molar refractivity (Wildman–Crippen MR) is 71.9 cm³/mol. The number of hydrogen-bond donors (Lipinski definition) is 1. The van der Waals surface area contributed by atoms with E-state index in [0.29, 0.717) is 5.82 Å². The Balaban J connectivity index is 2.46. The van der Waals surface area contributed by atoms with E-state index in [2.05, 4.69) is 43.1 Å². The van der Waals surface area contributed by atoms with Crippen LogP contribution in [0.4, 0.5) is 5.82 Å². The molecule has 17 heavy (non-hydrogen) atoms. The fourth-order valence-corrected chi connectivity index (χ4v) is 1.66. The molecule has 4 nitrogen and oxygen atoms in total. The molecule has 0 aliphatic rings. The summed E-state index contributed by atoms with van der Waals surface area (Å²) in [7, 11) is 1.85. The second-order valence-electron chi connectivity index (χ2n) is 3.53. The van der Waals surface area contributed by atoms with Gasteiger partial charge in [0.2, 0.25) is 0 Å². The lowest BCUT2D eigenvalue weighted by molar-refractivity contribution is 0.998. The van der Waals surface area contributed by atoms with Gasteiger partial charge in [0.1, 0.15) is 11.5 Å². The van der Waals surface area contributed by atoms with Crippen LogP contribution in [0.15, 0.2) is 28.9 Å². The number of hydrogen-bond acceptors (Lipinski definition) is 4. The zero-order valence-electron chi connectivity index (χ0n) is 9.74. The van der Waals surface area contributed by atoms with Crippen LogP contribution < -0.4 is 5.32 Å². The minimum atomic E-state index is 0.654. The standard InChI is InChI=1S/C12H13BrN4/c1-3-9-6-11(14-2)17-12(16-9)10-5-4-8(13)7-15-10/h4-7H,3H2,1-2H3,(H,14,16,17). The molecule has 2 aromatic rings. The number of rotatable bonds is 3. The van der Waals surface area contributed by atoms with Crippen molar-refractivity contribution in [1.82, 2.24) is 15.0 Å². The zero-order chi connectivity index (χ0) is 12.3. The molecule has 0 radical (unpaired) electrons. The van der Waals surface area contributed by atoms with Crippen molar-refractivity contribution < 1.29 is 0 Å². The molecule has 0 unspecified atom stereocenters. The summed E-state index contributed by atoms with van der Waals surface area (Å²) in [6.07, 6.45) is 2.62. The number of pyridine rings is 1. The monoisotopic (exact) mass is 292 g/mol. The SMILES string of the molecule is CCc1cc(NC)nc(-c2ccc(Br)cn2)n1. The van der Waals surface area contributed by atoms with Crippen LogP contribution in [0, 0.1) is 0 Å². The molecule has 1 N–H and O–H groups in total. The summed E-state index contributed by atoms with van der Waals surface area (Å²) in [6.45, 7) is 2.07. The first-order valence-corrected chi connectivity index (χ1v) is 6.20. The predicted octanol–water partition coefficient (Wildman–Crippen LogP) is 2.91. The molecule has 0 saturated heterocycles. The summed E-state index contributed by atoms with van der Waals surface area (Å²) >= 11 is 3.36. The van der Waals surface area contributed by atoms with Crippen LogP contribution >= 0.6 is 15.9 Å². The maximum Gasteiger partial charge on any atom is 0.180 e. The van der Waals surface area contributed by atoms with Gasteiger partial charge in [-0.25, -0.2) is 9.97 Å². The zero-order valence-corrected chi connectivity index (χ0v) is 11.3. The summed E-state index contributed by atoms with van der Waals surface area (Å²) in [6, 6.07) is 5.78. The van der Waals surface area contributed by atoms with Crippen LogP contribution in [0.5, 0.6) is 0 Å². The molecule has 2 heterocycles. The number of nitrogens with one attached hydrogen (secondary N) is 1. The molecule has 0 amide bonds. The highest BCUT2D eigenvalue weighted by Gasteiger charge is 2.06. The highest BCUT2D eigenvalue weighted by atomic mass is 79.9. The lowest BCUT2D eigenvalue weighted by atomic mass is 10.3. The van der Waals surface area contributed by atoms with Gasteiger partial charge in [-0.1, -0.05) is 6.92 Å². The van der Waals surface area contributed by atoms with E-state index in [1.165, 1.54) is 0 Å². The normalized spacial score (nSPS) is 10.3. The van der Waals surface area contributed by atoms with Gasteiger partial charge >= 0.3 is 0 Å². The molecule has 0 bridgehead atoms. The van der Waals surface area contributed by atoms with Gasteiger partial charge in [0.25, 0.3) is 0 Å². The quantitative estimate of drug-likeness (QED) is 0.945. The lowest BCUT2D eigenvalue weighted by Gasteiger charge is -2.06. The van der Waals surface area contributed by atoms with Crippen molar-refractivity contribution in [2.45, 2.75) is 13.3 Å². The molecular weight excluding hydrogens is 280 g/mol. The van der Waals surface area contributed by atoms with Crippen molar-refractivity contribution in [2.75, 3.05) is 12.4 Å². The Morgan fingerprint density at radius 2 is 2.12 bits per heavy atom. The number of anilines is 1. The molecular formula is C12H13BrN4. The molecule has 0 saturated carbocycles. The topological polar surface area (TPSA) is 50.7 Å². The highest BCUT2D eigenvalue weighted by molar-refractivity contribution is 9.10. The van der Waals surface area contributed by atoms with Crippen LogP contribution in [-0.4, -0.2) is 22.0 Å². The van der Waals surface area contributed by atoms with Crippen molar-refractivity contribution in [3.05, 3.63) is 34.6 Å². The van der Waals surface area contributed by atoms with E-state index in [-0.39, 0.29) is 0 Å². The van der Waals surface area contributed by atoms with Gasteiger partial charge in [-0.3, -0.25) is 4.98 Å². The summed E-state index contributed by atoms with van der Waals surface area (Å²) in [5.74, 6) is 1.47. The Morgan fingerprint density at radius 1 is 1.29 bits per heavy atom. The number of halogens is 1. The molecule has 5 heteroatoms. The third-order valence-corrected chi connectivity index (χ3v) is 2.82. The van der Waals surface area contributed by atoms with Gasteiger partial charge in [-0.2, -0.15) is 0 Å². The average Bonchev–Trinajstić information content (AvgIpc) is 2.39. The minimum absolute atomic E-state index is 0.654. The molecule has 0 fully saturated rings. The van der Waals surface area contributed by atoms with Gasteiger partial charge in [0, 0.05) is 29.5 Å². The first-order valence-electron chi connectivity index (χ1n) is 5.40. The Kier molecular flexibility index (Phi) is 3.68. The molecule has 0 atom stereocenters. The lowest BCUT2D eigenvalue weighted by Crippen LogP contribution is -2.01. The van der Waals surface area contributed by atoms with E-state index in [4.69, 9.17) is 0 Å². The molecule has 0 aliphatic heterocycles. The molecule has 0 aromatic carbocycles. The van der Waals surface area contributed by atoms with E-state index in [9.17, 15) is 0 Å². The van der Waals surface area contributed by atoms with E-state index >= 15 is 0 Å². The van der Waals surface area contributed by atoms with E-state index in [0.717, 1.165) is 28.1 Å². The largest absolute Gasteiger partial charge is 0.373 e. The average molecular weight is 293 g/mol. The van der Waals surface area contributed by atoms with Gasteiger partial charge < -0.3 is 5.32 Å². The Bertz CT molecular complexity index is 488. The van der Waals surface area contributed by atoms with Crippen molar-refractivity contribution >= 4 is 21.7 Å². The minimum Gasteiger partial charge on any atom is -0.373 e. The first kappa shape index (κ1) is 12.0. The van der Waals surface area contributed by atoms with Crippen LogP contribution in [0.1, 0.15) is 12.6 Å². The number of aryl methyl sites for hydroxylation is 1. The number of nitrogens with zero attached hydrogens (tertiary/aromatic N) is 3. The van der Waals surface area contributed by atoms with Crippen molar-refractivity contribution in [2.24, 2.45) is 0 Å². The maximum atomic E-state index is 4.47. The van der Waals surface area contributed by atoms with E-state index in [1.807, 2.05) is 25.2 Å². The van der Waals surface area contributed by atoms with Crippen LogP contribution in [-0.2, 0) is 6.42 Å². The van der Waals surface area contributed by atoms with Crippen LogP contribution in [0.25, 0.3) is 11.5 Å². The van der Waals surface area contributed by atoms with Gasteiger partial charge in [0.15, 0.2) is 5.82 Å². The van der Waals surface area contributed by atoms with Crippen LogP contribution in [0.2, 0.25) is 0 Å².